The highest BCUT2D eigenvalue weighted by atomic mass is 16.3. The normalized spacial score (nSPS) is 12.2. The van der Waals surface area contributed by atoms with Crippen LogP contribution in [0.4, 0.5) is 5.69 Å². The molecule has 0 saturated heterocycles. The largest absolute Gasteiger partial charge is 0.392 e. The lowest BCUT2D eigenvalue weighted by atomic mass is 10.0. The van der Waals surface area contributed by atoms with Gasteiger partial charge in [0.2, 0.25) is 5.91 Å². The van der Waals surface area contributed by atoms with E-state index in [2.05, 4.69) is 5.32 Å². The molecule has 1 aromatic heterocycles. The maximum atomic E-state index is 12.7. The fraction of sp³-hybridized carbons (Fsp3) is 0.167. The minimum atomic E-state index is -0.617. The second-order valence-corrected chi connectivity index (χ2v) is 7.25. The fourth-order valence-corrected chi connectivity index (χ4v) is 3.67. The molecule has 0 aliphatic heterocycles. The molecule has 0 radical (unpaired) electrons. The monoisotopic (exact) mass is 386 g/mol. The van der Waals surface area contributed by atoms with Gasteiger partial charge >= 0.3 is 0 Å². The smallest absolute Gasteiger partial charge is 0.258 e. The van der Waals surface area contributed by atoms with Gasteiger partial charge in [0.1, 0.15) is 0 Å². The molecule has 5 heteroatoms. The maximum Gasteiger partial charge on any atom is 0.258 e. The molecule has 3 aromatic carbocycles. The number of aliphatic hydroxyl groups is 1. The summed E-state index contributed by atoms with van der Waals surface area (Å²) in [6, 6.07) is 21.0. The van der Waals surface area contributed by atoms with Gasteiger partial charge in [0.25, 0.3) is 5.56 Å². The molecule has 2 N–H and O–H groups in total. The van der Waals surface area contributed by atoms with E-state index in [4.69, 9.17) is 0 Å². The highest BCUT2D eigenvalue weighted by Gasteiger charge is 2.12. The molecule has 1 atom stereocenters. The summed E-state index contributed by atoms with van der Waals surface area (Å²) in [5, 5.41) is 15.9. The van der Waals surface area contributed by atoms with Crippen molar-refractivity contribution < 1.29 is 9.90 Å². The molecule has 0 aliphatic carbocycles. The van der Waals surface area contributed by atoms with Crippen LogP contribution in [-0.4, -0.2) is 21.7 Å². The summed E-state index contributed by atoms with van der Waals surface area (Å²) >= 11 is 0. The molecule has 5 nitrogen and oxygen atoms in total. The van der Waals surface area contributed by atoms with Gasteiger partial charge in [-0.25, -0.2) is 0 Å². The van der Waals surface area contributed by atoms with Crippen molar-refractivity contribution in [2.75, 3.05) is 5.32 Å². The molecule has 1 heterocycles. The Morgan fingerprint density at radius 1 is 0.966 bits per heavy atom. The van der Waals surface area contributed by atoms with Crippen LogP contribution in [0.3, 0.4) is 0 Å². The van der Waals surface area contributed by atoms with Crippen molar-refractivity contribution in [1.29, 1.82) is 0 Å². The minimum Gasteiger partial charge on any atom is -0.392 e. The van der Waals surface area contributed by atoms with Gasteiger partial charge in [-0.3, -0.25) is 9.59 Å². The summed E-state index contributed by atoms with van der Waals surface area (Å²) < 4.78 is 1.48. The van der Waals surface area contributed by atoms with Crippen molar-refractivity contribution in [3.63, 3.8) is 0 Å². The van der Waals surface area contributed by atoms with Gasteiger partial charge in [-0.2, -0.15) is 0 Å². The molecule has 0 spiro atoms. The van der Waals surface area contributed by atoms with E-state index < -0.39 is 6.10 Å². The number of aliphatic hydroxyl groups excluding tert-OH is 1. The lowest BCUT2D eigenvalue weighted by molar-refractivity contribution is -0.115. The molecular weight excluding hydrogens is 364 g/mol. The molecule has 4 aromatic rings. The summed E-state index contributed by atoms with van der Waals surface area (Å²) in [6.45, 7) is 1.87. The Morgan fingerprint density at radius 3 is 2.52 bits per heavy atom. The number of aromatic nitrogens is 1. The number of fused-ring (bicyclic) bond motifs is 2. The number of rotatable bonds is 5. The topological polar surface area (TPSA) is 71.3 Å². The van der Waals surface area contributed by atoms with Crippen LogP contribution in [0, 0.1) is 0 Å². The first-order chi connectivity index (χ1) is 14.0. The van der Waals surface area contributed by atoms with E-state index in [9.17, 15) is 14.7 Å². The van der Waals surface area contributed by atoms with Gasteiger partial charge in [0, 0.05) is 22.7 Å². The zero-order valence-electron chi connectivity index (χ0n) is 16.1. The molecule has 1 amide bonds. The Kier molecular flexibility index (Phi) is 5.14. The third kappa shape index (κ3) is 3.91. The Labute approximate surface area is 168 Å². The molecule has 0 fully saturated rings. The van der Waals surface area contributed by atoms with Gasteiger partial charge < -0.3 is 15.0 Å². The van der Waals surface area contributed by atoms with Crippen LogP contribution in [-0.2, 0) is 17.8 Å². The molecule has 0 aliphatic rings. The first kappa shape index (κ1) is 18.9. The van der Waals surface area contributed by atoms with Crippen LogP contribution in [0.2, 0.25) is 0 Å². The van der Waals surface area contributed by atoms with Crippen molar-refractivity contribution in [2.45, 2.75) is 26.0 Å². The van der Waals surface area contributed by atoms with Gasteiger partial charge in [-0.15, -0.1) is 0 Å². The SMILES string of the molecule is CC(O)Cn1ccc2c(NC(=O)Cc3cccc4ccccc34)cccc2c1=O. The molecule has 146 valence electrons. The van der Waals surface area contributed by atoms with E-state index in [-0.39, 0.29) is 24.4 Å². The Bertz CT molecular complexity index is 1250. The lowest BCUT2D eigenvalue weighted by Crippen LogP contribution is -2.25. The Balaban J connectivity index is 1.63. The lowest BCUT2D eigenvalue weighted by Gasteiger charge is -2.12. The fourth-order valence-electron chi connectivity index (χ4n) is 3.67. The van der Waals surface area contributed by atoms with E-state index in [1.165, 1.54) is 4.57 Å². The van der Waals surface area contributed by atoms with E-state index in [1.54, 1.807) is 37.4 Å². The number of carbonyl (C=O) groups is 1. The quantitative estimate of drug-likeness (QED) is 0.549. The summed E-state index contributed by atoms with van der Waals surface area (Å²) in [5.41, 5.74) is 1.38. The molecular formula is C24H22N2O3. The standard InChI is InChI=1S/C24H22N2O3/c1-16(27)15-26-13-12-20-21(24(26)29)10-5-11-22(20)25-23(28)14-18-8-4-7-17-6-2-3-9-19(17)18/h2-13,16,27H,14-15H2,1H3,(H,25,28). The molecule has 1 unspecified atom stereocenters. The second-order valence-electron chi connectivity index (χ2n) is 7.25. The predicted octanol–water partition coefficient (Wildman–Crippen LogP) is 3.72. The van der Waals surface area contributed by atoms with Crippen LogP contribution in [0.15, 0.2) is 77.7 Å². The number of hydrogen-bond donors (Lipinski definition) is 2. The van der Waals surface area contributed by atoms with Crippen molar-refractivity contribution in [3.8, 4) is 0 Å². The highest BCUT2D eigenvalue weighted by molar-refractivity contribution is 6.03. The average molecular weight is 386 g/mol. The van der Waals surface area contributed by atoms with Crippen LogP contribution in [0.1, 0.15) is 12.5 Å². The average Bonchev–Trinajstić information content (AvgIpc) is 2.70. The number of amides is 1. The van der Waals surface area contributed by atoms with Crippen LogP contribution < -0.4 is 10.9 Å². The number of carbonyl (C=O) groups excluding carboxylic acids is 1. The van der Waals surface area contributed by atoms with E-state index in [0.717, 1.165) is 16.3 Å². The number of nitrogens with one attached hydrogen (secondary N) is 1. The van der Waals surface area contributed by atoms with E-state index in [1.807, 2.05) is 42.5 Å². The predicted molar refractivity (Wildman–Crippen MR) is 116 cm³/mol. The number of benzene rings is 3. The minimum absolute atomic E-state index is 0.137. The van der Waals surface area contributed by atoms with Crippen LogP contribution in [0.5, 0.6) is 0 Å². The van der Waals surface area contributed by atoms with Gasteiger partial charge in [-0.1, -0.05) is 48.5 Å². The Morgan fingerprint density at radius 2 is 1.69 bits per heavy atom. The molecule has 29 heavy (non-hydrogen) atoms. The summed E-state index contributed by atoms with van der Waals surface area (Å²) in [6.07, 6.45) is 1.28. The number of hydrogen-bond acceptors (Lipinski definition) is 3. The van der Waals surface area contributed by atoms with Crippen LogP contribution in [0.25, 0.3) is 21.5 Å². The number of nitrogens with zero attached hydrogens (tertiary/aromatic N) is 1. The maximum absolute atomic E-state index is 12.7. The summed E-state index contributed by atoms with van der Waals surface area (Å²) in [7, 11) is 0. The molecule has 0 bridgehead atoms. The molecule has 4 rings (SSSR count). The first-order valence-corrected chi connectivity index (χ1v) is 9.59. The number of anilines is 1. The van der Waals surface area contributed by atoms with Gasteiger partial charge in [0.15, 0.2) is 0 Å². The second kappa shape index (κ2) is 7.89. The van der Waals surface area contributed by atoms with Crippen molar-refractivity contribution in [2.24, 2.45) is 0 Å². The number of pyridine rings is 1. The summed E-state index contributed by atoms with van der Waals surface area (Å²) in [5.74, 6) is -0.137. The zero-order chi connectivity index (χ0) is 20.4. The third-order valence-electron chi connectivity index (χ3n) is 4.98. The van der Waals surface area contributed by atoms with Crippen molar-refractivity contribution in [1.82, 2.24) is 4.57 Å². The van der Waals surface area contributed by atoms with Gasteiger partial charge in [-0.05, 0) is 41.5 Å². The van der Waals surface area contributed by atoms with E-state index in [0.29, 0.717) is 16.5 Å². The van der Waals surface area contributed by atoms with Crippen molar-refractivity contribution in [3.05, 3.63) is 88.8 Å². The highest BCUT2D eigenvalue weighted by Crippen LogP contribution is 2.23. The van der Waals surface area contributed by atoms with Crippen molar-refractivity contribution >= 4 is 33.1 Å². The van der Waals surface area contributed by atoms with E-state index >= 15 is 0 Å². The zero-order valence-corrected chi connectivity index (χ0v) is 16.1. The Hall–Kier alpha value is -3.44. The first-order valence-electron chi connectivity index (χ1n) is 9.59. The molecule has 0 saturated carbocycles. The van der Waals surface area contributed by atoms with Crippen LogP contribution >= 0.6 is 0 Å². The summed E-state index contributed by atoms with van der Waals surface area (Å²) in [4.78, 5) is 25.4. The third-order valence-corrected chi connectivity index (χ3v) is 4.98. The van der Waals surface area contributed by atoms with Gasteiger partial charge in [0.05, 0.1) is 19.1 Å².